The van der Waals surface area contributed by atoms with Crippen molar-refractivity contribution in [2.24, 2.45) is 4.99 Å². The Balaban J connectivity index is 2.49. The molecular weight excluding hydrogens is 235 g/mol. The van der Waals surface area contributed by atoms with Gasteiger partial charge in [-0.25, -0.2) is 9.79 Å². The van der Waals surface area contributed by atoms with Crippen LogP contribution in [0.1, 0.15) is 0 Å². The molecule has 0 saturated heterocycles. The van der Waals surface area contributed by atoms with E-state index < -0.39 is 18.8 Å². The summed E-state index contributed by atoms with van der Waals surface area (Å²) in [7, 11) is 0. The lowest BCUT2D eigenvalue weighted by Crippen LogP contribution is -2.19. The van der Waals surface area contributed by atoms with E-state index in [1.54, 1.807) is 30.3 Å². The molecule has 0 atom stereocenters. The van der Waals surface area contributed by atoms with Gasteiger partial charge in [-0.1, -0.05) is 18.2 Å². The summed E-state index contributed by atoms with van der Waals surface area (Å²) in [5.41, 5.74) is 0.535. The van der Waals surface area contributed by atoms with Gasteiger partial charge in [-0.15, -0.1) is 0 Å². The number of aliphatic imine (C=N–C) groups is 1. The first-order valence-corrected chi connectivity index (χ1v) is 4.55. The van der Waals surface area contributed by atoms with Gasteiger partial charge in [-0.05, 0) is 18.0 Å². The standard InChI is InChI=1S/C11H8F3NO2/c12-11(13,14)8-17-10(16)6-7-15-9-4-2-1-3-5-9/h1-6H,8H2. The highest BCUT2D eigenvalue weighted by Crippen LogP contribution is 2.14. The van der Waals surface area contributed by atoms with E-state index in [9.17, 15) is 18.0 Å². The maximum Gasteiger partial charge on any atom is 0.422 e. The van der Waals surface area contributed by atoms with Crippen molar-refractivity contribution in [3.8, 4) is 0 Å². The van der Waals surface area contributed by atoms with E-state index in [-0.39, 0.29) is 0 Å². The van der Waals surface area contributed by atoms with Crippen LogP contribution in [0.4, 0.5) is 18.9 Å². The number of carbonyl (C=O) groups is 1. The Morgan fingerprint density at radius 1 is 1.35 bits per heavy atom. The van der Waals surface area contributed by atoms with Crippen molar-refractivity contribution in [3.05, 3.63) is 36.4 Å². The Kier molecular flexibility index (Phi) is 4.48. The lowest BCUT2D eigenvalue weighted by Gasteiger charge is -2.04. The molecule has 1 rings (SSSR count). The van der Waals surface area contributed by atoms with Crippen molar-refractivity contribution in [1.82, 2.24) is 0 Å². The number of esters is 1. The summed E-state index contributed by atoms with van der Waals surface area (Å²) in [6.07, 6.45) is -3.82. The highest BCUT2D eigenvalue weighted by Gasteiger charge is 2.29. The fraction of sp³-hybridized carbons (Fsp3) is 0.182. The second kappa shape index (κ2) is 5.86. The van der Waals surface area contributed by atoms with Crippen LogP contribution in [0, 0.1) is 0 Å². The van der Waals surface area contributed by atoms with Crippen molar-refractivity contribution in [2.45, 2.75) is 6.18 Å². The predicted molar refractivity (Wildman–Crippen MR) is 55.1 cm³/mol. The minimum absolute atomic E-state index is 0.535. The van der Waals surface area contributed by atoms with Crippen LogP contribution in [0.25, 0.3) is 0 Å². The van der Waals surface area contributed by atoms with Gasteiger partial charge in [0.25, 0.3) is 0 Å². The number of nitrogens with zero attached hydrogens (tertiary/aromatic N) is 1. The van der Waals surface area contributed by atoms with Gasteiger partial charge in [-0.2, -0.15) is 13.2 Å². The van der Waals surface area contributed by atoms with Crippen LogP contribution in [0.3, 0.4) is 0 Å². The number of benzene rings is 1. The van der Waals surface area contributed by atoms with Crippen LogP contribution in [0.2, 0.25) is 0 Å². The zero-order valence-electron chi connectivity index (χ0n) is 8.57. The lowest BCUT2D eigenvalue weighted by atomic mass is 10.3. The molecule has 3 nitrogen and oxygen atoms in total. The quantitative estimate of drug-likeness (QED) is 0.465. The van der Waals surface area contributed by atoms with Crippen LogP contribution in [0.15, 0.2) is 41.4 Å². The molecule has 1 aromatic carbocycles. The lowest BCUT2D eigenvalue weighted by molar-refractivity contribution is -0.182. The number of carbonyl (C=O) groups excluding carboxylic acids is 1. The van der Waals surface area contributed by atoms with Crippen molar-refractivity contribution < 1.29 is 22.7 Å². The zero-order chi connectivity index (χ0) is 12.7. The fourth-order valence-corrected chi connectivity index (χ4v) is 0.857. The first kappa shape index (κ1) is 13.0. The normalized spacial score (nSPS) is 10.3. The number of para-hydroxylation sites is 1. The molecule has 0 amide bonds. The maximum atomic E-state index is 11.7. The molecule has 0 spiro atoms. The Bertz CT molecular complexity index is 434. The third-order valence-corrected chi connectivity index (χ3v) is 1.51. The van der Waals surface area contributed by atoms with Crippen LogP contribution in [-0.4, -0.2) is 24.6 Å². The second-order valence-electron chi connectivity index (χ2n) is 2.94. The Morgan fingerprint density at radius 3 is 2.59 bits per heavy atom. The molecular formula is C11H8F3NO2. The molecule has 1 aromatic rings. The third-order valence-electron chi connectivity index (χ3n) is 1.51. The number of ether oxygens (including phenoxy) is 1. The number of rotatable bonds is 3. The Labute approximate surface area is 95.2 Å². The summed E-state index contributed by atoms with van der Waals surface area (Å²) in [5.74, 6) is 1.06. The van der Waals surface area contributed by atoms with E-state index >= 15 is 0 Å². The number of halogens is 3. The zero-order valence-corrected chi connectivity index (χ0v) is 8.57. The molecule has 17 heavy (non-hydrogen) atoms. The molecule has 90 valence electrons. The fourth-order valence-electron chi connectivity index (χ4n) is 0.857. The summed E-state index contributed by atoms with van der Waals surface area (Å²) >= 11 is 0. The highest BCUT2D eigenvalue weighted by molar-refractivity contribution is 5.91. The van der Waals surface area contributed by atoms with Crippen LogP contribution >= 0.6 is 0 Å². The summed E-state index contributed by atoms with van der Waals surface area (Å²) in [6.45, 7) is -1.62. The molecule has 0 N–H and O–H groups in total. The minimum atomic E-state index is -4.53. The SMILES string of the molecule is O=C(C=C=Nc1ccccc1)OCC(F)(F)F. The average molecular weight is 243 g/mol. The van der Waals surface area contributed by atoms with E-state index in [0.717, 1.165) is 0 Å². The third kappa shape index (κ3) is 6.17. The molecule has 0 radical (unpaired) electrons. The summed E-state index contributed by atoms with van der Waals surface area (Å²) < 4.78 is 38.9. The van der Waals surface area contributed by atoms with Crippen molar-refractivity contribution in [1.29, 1.82) is 0 Å². The topological polar surface area (TPSA) is 38.7 Å². The van der Waals surface area contributed by atoms with Crippen LogP contribution in [0.5, 0.6) is 0 Å². The van der Waals surface area contributed by atoms with Gasteiger partial charge < -0.3 is 4.74 Å². The number of hydrogen-bond acceptors (Lipinski definition) is 3. The number of alkyl halides is 3. The van der Waals surface area contributed by atoms with Crippen LogP contribution in [-0.2, 0) is 9.53 Å². The average Bonchev–Trinajstić information content (AvgIpc) is 2.27. The van der Waals surface area contributed by atoms with E-state index in [1.807, 2.05) is 0 Å². The Hall–Kier alpha value is -2.07. The molecule has 0 unspecified atom stereocenters. The molecule has 0 aliphatic carbocycles. The first-order chi connectivity index (χ1) is 7.97. The monoisotopic (exact) mass is 243 g/mol. The van der Waals surface area contributed by atoms with Gasteiger partial charge in [0.2, 0.25) is 0 Å². The molecule has 0 saturated carbocycles. The van der Waals surface area contributed by atoms with Gasteiger partial charge in [0.15, 0.2) is 6.61 Å². The summed E-state index contributed by atoms with van der Waals surface area (Å²) in [6, 6.07) is 8.54. The summed E-state index contributed by atoms with van der Waals surface area (Å²) in [4.78, 5) is 14.5. The maximum absolute atomic E-state index is 11.7. The van der Waals surface area contributed by atoms with E-state index in [1.165, 1.54) is 0 Å². The molecule has 0 fully saturated rings. The van der Waals surface area contributed by atoms with Gasteiger partial charge in [-0.3, -0.25) is 0 Å². The first-order valence-electron chi connectivity index (χ1n) is 4.55. The van der Waals surface area contributed by atoms with Crippen molar-refractivity contribution >= 4 is 17.5 Å². The largest absolute Gasteiger partial charge is 0.452 e. The van der Waals surface area contributed by atoms with Gasteiger partial charge in [0, 0.05) is 0 Å². The minimum Gasteiger partial charge on any atom is -0.452 e. The van der Waals surface area contributed by atoms with Crippen LogP contribution < -0.4 is 0 Å². The van der Waals surface area contributed by atoms with E-state index in [4.69, 9.17) is 0 Å². The molecule has 0 heterocycles. The van der Waals surface area contributed by atoms with E-state index in [2.05, 4.69) is 15.6 Å². The van der Waals surface area contributed by atoms with Crippen molar-refractivity contribution in [3.63, 3.8) is 0 Å². The number of hydrogen-bond donors (Lipinski definition) is 0. The van der Waals surface area contributed by atoms with Gasteiger partial charge in [0.05, 0.1) is 11.8 Å². The predicted octanol–water partition coefficient (Wildman–Crippen LogP) is 2.65. The smallest absolute Gasteiger partial charge is 0.422 e. The van der Waals surface area contributed by atoms with E-state index in [0.29, 0.717) is 11.8 Å². The molecule has 0 aliphatic heterocycles. The molecule has 0 aromatic heterocycles. The molecule has 0 bridgehead atoms. The molecule has 6 heteroatoms. The highest BCUT2D eigenvalue weighted by atomic mass is 19.4. The summed E-state index contributed by atoms with van der Waals surface area (Å²) in [5, 5.41) is 0. The van der Waals surface area contributed by atoms with Gasteiger partial charge >= 0.3 is 12.1 Å². The second-order valence-corrected chi connectivity index (χ2v) is 2.94. The Morgan fingerprint density at radius 2 is 2.00 bits per heavy atom. The van der Waals surface area contributed by atoms with Gasteiger partial charge in [0.1, 0.15) is 0 Å². The van der Waals surface area contributed by atoms with Crippen molar-refractivity contribution in [2.75, 3.05) is 6.61 Å². The molecule has 0 aliphatic rings.